The predicted molar refractivity (Wildman–Crippen MR) is 54.2 cm³/mol. The lowest BCUT2D eigenvalue weighted by Crippen LogP contribution is -2.22. The Morgan fingerprint density at radius 2 is 2.14 bits per heavy atom. The second-order valence-corrected chi connectivity index (χ2v) is 3.95. The molecule has 0 aromatic carbocycles. The van der Waals surface area contributed by atoms with Gasteiger partial charge in [0.2, 0.25) is 0 Å². The minimum Gasteiger partial charge on any atom is -0.343 e. The molecule has 0 saturated heterocycles. The summed E-state index contributed by atoms with van der Waals surface area (Å²) in [6.45, 7) is 0. The minimum atomic E-state index is -0.0349. The molecule has 1 fully saturated rings. The van der Waals surface area contributed by atoms with Crippen LogP contribution in [0.3, 0.4) is 0 Å². The first-order chi connectivity index (χ1) is 6.68. The van der Waals surface area contributed by atoms with E-state index in [2.05, 4.69) is 4.98 Å². The second kappa shape index (κ2) is 3.40. The number of hydrogen-bond donors (Lipinski definition) is 0. The molecule has 0 bridgehead atoms. The third-order valence-corrected chi connectivity index (χ3v) is 2.46. The SMILES string of the molecule is CN(C)C(=O)c1ccc(C2CC2)cn1. The molecule has 1 aromatic rings. The first-order valence-corrected chi connectivity index (χ1v) is 4.86. The Hall–Kier alpha value is -1.38. The molecule has 1 saturated carbocycles. The van der Waals surface area contributed by atoms with Gasteiger partial charge in [-0.3, -0.25) is 9.78 Å². The van der Waals surface area contributed by atoms with Crippen molar-refractivity contribution >= 4 is 5.91 Å². The molecule has 0 spiro atoms. The van der Waals surface area contributed by atoms with Crippen molar-refractivity contribution < 1.29 is 4.79 Å². The Morgan fingerprint density at radius 3 is 2.57 bits per heavy atom. The Labute approximate surface area is 83.8 Å². The Kier molecular flexibility index (Phi) is 2.23. The van der Waals surface area contributed by atoms with Crippen LogP contribution < -0.4 is 0 Å². The maximum Gasteiger partial charge on any atom is 0.271 e. The van der Waals surface area contributed by atoms with Gasteiger partial charge in [-0.2, -0.15) is 0 Å². The standard InChI is InChI=1S/C11H14N2O/c1-13(2)11(14)10-6-5-9(7-12-10)8-3-4-8/h5-8H,3-4H2,1-2H3. The molecule has 0 aliphatic heterocycles. The van der Waals surface area contributed by atoms with Gasteiger partial charge in [-0.1, -0.05) is 6.07 Å². The topological polar surface area (TPSA) is 33.2 Å². The van der Waals surface area contributed by atoms with Crippen LogP contribution in [0.4, 0.5) is 0 Å². The van der Waals surface area contributed by atoms with E-state index in [4.69, 9.17) is 0 Å². The molecule has 0 radical (unpaired) electrons. The summed E-state index contributed by atoms with van der Waals surface area (Å²) in [6, 6.07) is 3.83. The summed E-state index contributed by atoms with van der Waals surface area (Å²) in [5.74, 6) is 0.665. The van der Waals surface area contributed by atoms with Gasteiger partial charge < -0.3 is 4.90 Å². The molecule has 14 heavy (non-hydrogen) atoms. The fourth-order valence-electron chi connectivity index (χ4n) is 1.42. The van der Waals surface area contributed by atoms with Crippen LogP contribution in [0.5, 0.6) is 0 Å². The highest BCUT2D eigenvalue weighted by Crippen LogP contribution is 2.39. The van der Waals surface area contributed by atoms with Gasteiger partial charge in [0.15, 0.2) is 0 Å². The summed E-state index contributed by atoms with van der Waals surface area (Å²) in [5, 5.41) is 0. The van der Waals surface area contributed by atoms with Gasteiger partial charge in [0.25, 0.3) is 5.91 Å². The summed E-state index contributed by atoms with van der Waals surface area (Å²) in [6.07, 6.45) is 4.36. The average molecular weight is 190 g/mol. The molecular formula is C11H14N2O. The van der Waals surface area contributed by atoms with Crippen LogP contribution in [-0.2, 0) is 0 Å². The summed E-state index contributed by atoms with van der Waals surface area (Å²) in [5.41, 5.74) is 1.79. The van der Waals surface area contributed by atoms with Gasteiger partial charge in [0.05, 0.1) is 0 Å². The highest BCUT2D eigenvalue weighted by Gasteiger charge is 2.23. The second-order valence-electron chi connectivity index (χ2n) is 3.95. The highest BCUT2D eigenvalue weighted by atomic mass is 16.2. The number of pyridine rings is 1. The highest BCUT2D eigenvalue weighted by molar-refractivity contribution is 5.91. The van der Waals surface area contributed by atoms with E-state index in [0.717, 1.165) is 0 Å². The lowest BCUT2D eigenvalue weighted by molar-refractivity contribution is 0.0822. The third-order valence-electron chi connectivity index (χ3n) is 2.46. The molecule has 0 unspecified atom stereocenters. The number of carbonyl (C=O) groups is 1. The van der Waals surface area contributed by atoms with Gasteiger partial charge >= 0.3 is 0 Å². The maximum atomic E-state index is 11.5. The van der Waals surface area contributed by atoms with Crippen LogP contribution in [0, 0.1) is 0 Å². The molecule has 74 valence electrons. The summed E-state index contributed by atoms with van der Waals surface area (Å²) in [7, 11) is 3.47. The number of hydrogen-bond acceptors (Lipinski definition) is 2. The predicted octanol–water partition coefficient (Wildman–Crippen LogP) is 1.66. The van der Waals surface area contributed by atoms with E-state index in [0.29, 0.717) is 11.6 Å². The first kappa shape index (κ1) is 9.19. The van der Waals surface area contributed by atoms with E-state index in [1.165, 1.54) is 18.4 Å². The van der Waals surface area contributed by atoms with Gasteiger partial charge in [-0.25, -0.2) is 0 Å². The smallest absolute Gasteiger partial charge is 0.271 e. The van der Waals surface area contributed by atoms with Gasteiger partial charge in [-0.05, 0) is 30.4 Å². The van der Waals surface area contributed by atoms with Gasteiger partial charge in [0, 0.05) is 20.3 Å². The largest absolute Gasteiger partial charge is 0.343 e. The van der Waals surface area contributed by atoms with E-state index in [1.54, 1.807) is 19.0 Å². The molecule has 2 rings (SSSR count). The third kappa shape index (κ3) is 1.76. The van der Waals surface area contributed by atoms with Crippen molar-refractivity contribution in [2.24, 2.45) is 0 Å². The van der Waals surface area contributed by atoms with E-state index in [-0.39, 0.29) is 5.91 Å². The van der Waals surface area contributed by atoms with Crippen molar-refractivity contribution in [3.8, 4) is 0 Å². The monoisotopic (exact) mass is 190 g/mol. The molecule has 1 aliphatic rings. The molecule has 0 N–H and O–H groups in total. The average Bonchev–Trinajstić information content (AvgIpc) is 3.00. The molecule has 1 heterocycles. The number of amides is 1. The Balaban J connectivity index is 2.16. The Bertz CT molecular complexity index is 339. The van der Waals surface area contributed by atoms with Gasteiger partial charge in [-0.15, -0.1) is 0 Å². The Morgan fingerprint density at radius 1 is 1.43 bits per heavy atom. The van der Waals surface area contributed by atoms with Crippen molar-refractivity contribution in [2.45, 2.75) is 18.8 Å². The van der Waals surface area contributed by atoms with E-state index >= 15 is 0 Å². The maximum absolute atomic E-state index is 11.5. The lowest BCUT2D eigenvalue weighted by Gasteiger charge is -2.09. The molecule has 3 heteroatoms. The molecule has 1 aliphatic carbocycles. The molecule has 0 atom stereocenters. The molecule has 1 aromatic heterocycles. The number of carbonyl (C=O) groups excluding carboxylic acids is 1. The van der Waals surface area contributed by atoms with Crippen molar-refractivity contribution in [1.29, 1.82) is 0 Å². The van der Waals surface area contributed by atoms with Crippen LogP contribution in [0.1, 0.15) is 34.8 Å². The van der Waals surface area contributed by atoms with E-state index in [1.807, 2.05) is 18.3 Å². The quantitative estimate of drug-likeness (QED) is 0.710. The summed E-state index contributed by atoms with van der Waals surface area (Å²) in [4.78, 5) is 17.2. The fraction of sp³-hybridized carbons (Fsp3) is 0.455. The van der Waals surface area contributed by atoms with Crippen molar-refractivity contribution in [3.63, 3.8) is 0 Å². The fourth-order valence-corrected chi connectivity index (χ4v) is 1.42. The van der Waals surface area contributed by atoms with E-state index in [9.17, 15) is 4.79 Å². The first-order valence-electron chi connectivity index (χ1n) is 4.86. The van der Waals surface area contributed by atoms with Crippen molar-refractivity contribution in [3.05, 3.63) is 29.6 Å². The zero-order valence-corrected chi connectivity index (χ0v) is 8.53. The van der Waals surface area contributed by atoms with Crippen LogP contribution in [-0.4, -0.2) is 29.9 Å². The number of rotatable bonds is 2. The van der Waals surface area contributed by atoms with E-state index < -0.39 is 0 Å². The zero-order chi connectivity index (χ0) is 10.1. The number of nitrogens with zero attached hydrogens (tertiary/aromatic N) is 2. The summed E-state index contributed by atoms with van der Waals surface area (Å²) < 4.78 is 0. The lowest BCUT2D eigenvalue weighted by atomic mass is 10.2. The molecule has 3 nitrogen and oxygen atoms in total. The van der Waals surface area contributed by atoms with Crippen LogP contribution in [0.15, 0.2) is 18.3 Å². The van der Waals surface area contributed by atoms with Crippen LogP contribution in [0.2, 0.25) is 0 Å². The minimum absolute atomic E-state index is 0.0349. The normalized spacial score (nSPS) is 15.3. The van der Waals surface area contributed by atoms with Gasteiger partial charge in [0.1, 0.15) is 5.69 Å². The number of aromatic nitrogens is 1. The van der Waals surface area contributed by atoms with Crippen molar-refractivity contribution in [1.82, 2.24) is 9.88 Å². The van der Waals surface area contributed by atoms with Crippen molar-refractivity contribution in [2.75, 3.05) is 14.1 Å². The zero-order valence-electron chi connectivity index (χ0n) is 8.53. The molecular weight excluding hydrogens is 176 g/mol. The van der Waals surface area contributed by atoms with Crippen LogP contribution >= 0.6 is 0 Å². The summed E-state index contributed by atoms with van der Waals surface area (Å²) >= 11 is 0. The molecule has 1 amide bonds. The van der Waals surface area contributed by atoms with Crippen LogP contribution in [0.25, 0.3) is 0 Å².